The molecule has 2 nitrogen and oxygen atoms in total. The van der Waals surface area contributed by atoms with Gasteiger partial charge in [-0.1, -0.05) is 24.3 Å². The first-order valence-electron chi connectivity index (χ1n) is 4.61. The average molecular weight is 187 g/mol. The lowest BCUT2D eigenvalue weighted by Crippen LogP contribution is -1.95. The Balaban J connectivity index is 2.70. The summed E-state index contributed by atoms with van der Waals surface area (Å²) in [7, 11) is 1.68. The summed E-state index contributed by atoms with van der Waals surface area (Å²) in [5, 5.41) is 2.31. The summed E-state index contributed by atoms with van der Waals surface area (Å²) in [6.45, 7) is 0.563. The van der Waals surface area contributed by atoms with Gasteiger partial charge in [0.15, 0.2) is 0 Å². The Morgan fingerprint density at radius 2 is 2.07 bits per heavy atom. The molecule has 0 fully saturated rings. The Hall–Kier alpha value is -1.54. The zero-order valence-electron chi connectivity index (χ0n) is 8.16. The highest BCUT2D eigenvalue weighted by atomic mass is 16.5. The molecule has 0 unspecified atom stereocenters. The maximum atomic E-state index is 5.59. The minimum absolute atomic E-state index is 0.563. The van der Waals surface area contributed by atoms with Crippen LogP contribution in [0.5, 0.6) is 5.75 Å². The van der Waals surface area contributed by atoms with Crippen LogP contribution in [0.25, 0.3) is 10.8 Å². The first kappa shape index (κ1) is 9.03. The van der Waals surface area contributed by atoms with E-state index >= 15 is 0 Å². The fourth-order valence-corrected chi connectivity index (χ4v) is 1.60. The number of ether oxygens (including phenoxy) is 1. The normalized spacial score (nSPS) is 10.4. The Morgan fingerprint density at radius 3 is 2.79 bits per heavy atom. The van der Waals surface area contributed by atoms with E-state index in [2.05, 4.69) is 18.2 Å². The van der Waals surface area contributed by atoms with Gasteiger partial charge in [-0.15, -0.1) is 0 Å². The number of hydrogen-bond acceptors (Lipinski definition) is 2. The second-order valence-corrected chi connectivity index (χ2v) is 3.22. The second-order valence-electron chi connectivity index (χ2n) is 3.22. The summed E-state index contributed by atoms with van der Waals surface area (Å²) < 4.78 is 5.29. The lowest BCUT2D eigenvalue weighted by molar-refractivity contribution is 0.420. The summed E-state index contributed by atoms with van der Waals surface area (Å²) in [5.74, 6) is 0.901. The van der Waals surface area contributed by atoms with Crippen LogP contribution < -0.4 is 10.5 Å². The quantitative estimate of drug-likeness (QED) is 0.783. The molecular weight excluding hydrogens is 174 g/mol. The predicted octanol–water partition coefficient (Wildman–Crippen LogP) is 2.31. The van der Waals surface area contributed by atoms with Gasteiger partial charge in [-0.05, 0) is 23.1 Å². The van der Waals surface area contributed by atoms with Gasteiger partial charge < -0.3 is 10.5 Å². The highest BCUT2D eigenvalue weighted by Crippen LogP contribution is 2.25. The summed E-state index contributed by atoms with van der Waals surface area (Å²) >= 11 is 0. The molecule has 0 spiro atoms. The van der Waals surface area contributed by atoms with Crippen molar-refractivity contribution in [2.24, 2.45) is 5.73 Å². The molecule has 0 aliphatic rings. The Morgan fingerprint density at radius 1 is 1.21 bits per heavy atom. The van der Waals surface area contributed by atoms with Crippen molar-refractivity contribution < 1.29 is 4.74 Å². The first-order valence-corrected chi connectivity index (χ1v) is 4.61. The Labute approximate surface area is 83.3 Å². The lowest BCUT2D eigenvalue weighted by Gasteiger charge is -2.06. The molecule has 0 saturated carbocycles. The van der Waals surface area contributed by atoms with Gasteiger partial charge >= 0.3 is 0 Å². The van der Waals surface area contributed by atoms with E-state index in [0.29, 0.717) is 6.54 Å². The summed E-state index contributed by atoms with van der Waals surface area (Å²) in [6, 6.07) is 12.2. The predicted molar refractivity (Wildman–Crippen MR) is 58.4 cm³/mol. The van der Waals surface area contributed by atoms with Crippen LogP contribution in [-0.4, -0.2) is 7.11 Å². The summed E-state index contributed by atoms with van der Waals surface area (Å²) in [6.07, 6.45) is 0. The third-order valence-electron chi connectivity index (χ3n) is 2.36. The molecule has 0 saturated heterocycles. The van der Waals surface area contributed by atoms with E-state index in [1.807, 2.05) is 18.2 Å². The average Bonchev–Trinajstić information content (AvgIpc) is 2.27. The molecule has 2 N–H and O–H groups in total. The number of methoxy groups -OCH3 is 1. The molecule has 0 amide bonds. The third-order valence-corrected chi connectivity index (χ3v) is 2.36. The topological polar surface area (TPSA) is 35.2 Å². The van der Waals surface area contributed by atoms with Gasteiger partial charge in [0.2, 0.25) is 0 Å². The van der Waals surface area contributed by atoms with Crippen LogP contribution >= 0.6 is 0 Å². The van der Waals surface area contributed by atoms with Crippen LogP contribution in [0, 0.1) is 0 Å². The van der Waals surface area contributed by atoms with Gasteiger partial charge in [-0.25, -0.2) is 0 Å². The van der Waals surface area contributed by atoms with E-state index in [1.54, 1.807) is 7.11 Å². The van der Waals surface area contributed by atoms with Crippen molar-refractivity contribution in [2.45, 2.75) is 6.54 Å². The highest BCUT2D eigenvalue weighted by molar-refractivity contribution is 5.88. The van der Waals surface area contributed by atoms with Gasteiger partial charge in [0.1, 0.15) is 5.75 Å². The van der Waals surface area contributed by atoms with E-state index in [1.165, 1.54) is 5.39 Å². The first-order chi connectivity index (χ1) is 6.85. The number of hydrogen-bond donors (Lipinski definition) is 1. The molecule has 72 valence electrons. The fourth-order valence-electron chi connectivity index (χ4n) is 1.60. The molecule has 2 rings (SSSR count). The molecule has 2 heteroatoms. The van der Waals surface area contributed by atoms with Crippen LogP contribution in [-0.2, 0) is 6.54 Å². The van der Waals surface area contributed by atoms with Crippen molar-refractivity contribution in [3.63, 3.8) is 0 Å². The van der Waals surface area contributed by atoms with Gasteiger partial charge in [0.25, 0.3) is 0 Å². The molecule has 14 heavy (non-hydrogen) atoms. The molecule has 0 radical (unpaired) electrons. The summed E-state index contributed by atoms with van der Waals surface area (Å²) in [4.78, 5) is 0. The molecule has 2 aromatic rings. The number of fused-ring (bicyclic) bond motifs is 1. The van der Waals surface area contributed by atoms with E-state index in [0.717, 1.165) is 16.7 Å². The lowest BCUT2D eigenvalue weighted by atomic mass is 10.1. The Bertz CT molecular complexity index is 451. The zero-order valence-corrected chi connectivity index (χ0v) is 8.16. The van der Waals surface area contributed by atoms with Gasteiger partial charge in [0, 0.05) is 11.9 Å². The van der Waals surface area contributed by atoms with Crippen molar-refractivity contribution in [2.75, 3.05) is 7.11 Å². The van der Waals surface area contributed by atoms with E-state index in [4.69, 9.17) is 10.5 Å². The molecule has 0 atom stereocenters. The van der Waals surface area contributed by atoms with Crippen LogP contribution in [0.1, 0.15) is 5.56 Å². The number of rotatable bonds is 2. The molecule has 0 bridgehead atoms. The molecule has 0 heterocycles. The van der Waals surface area contributed by atoms with Crippen LogP contribution in [0.4, 0.5) is 0 Å². The van der Waals surface area contributed by atoms with Crippen LogP contribution in [0.15, 0.2) is 36.4 Å². The van der Waals surface area contributed by atoms with Crippen molar-refractivity contribution in [1.29, 1.82) is 0 Å². The fraction of sp³-hybridized carbons (Fsp3) is 0.167. The minimum atomic E-state index is 0.563. The Kier molecular flexibility index (Phi) is 2.37. The van der Waals surface area contributed by atoms with Crippen molar-refractivity contribution >= 4 is 10.8 Å². The summed E-state index contributed by atoms with van der Waals surface area (Å²) in [5.41, 5.74) is 6.72. The molecule has 0 aliphatic carbocycles. The monoisotopic (exact) mass is 187 g/mol. The molecular formula is C12H13NO. The maximum absolute atomic E-state index is 5.59. The maximum Gasteiger partial charge on any atom is 0.126 e. The van der Waals surface area contributed by atoms with Gasteiger partial charge in [-0.3, -0.25) is 0 Å². The second kappa shape index (κ2) is 3.68. The van der Waals surface area contributed by atoms with Crippen LogP contribution in [0.3, 0.4) is 0 Å². The van der Waals surface area contributed by atoms with Gasteiger partial charge in [-0.2, -0.15) is 0 Å². The number of benzene rings is 2. The van der Waals surface area contributed by atoms with Crippen molar-refractivity contribution in [3.05, 3.63) is 42.0 Å². The zero-order chi connectivity index (χ0) is 9.97. The smallest absolute Gasteiger partial charge is 0.126 e. The van der Waals surface area contributed by atoms with E-state index < -0.39 is 0 Å². The molecule has 0 aliphatic heterocycles. The third kappa shape index (κ3) is 1.44. The van der Waals surface area contributed by atoms with Crippen LogP contribution in [0.2, 0.25) is 0 Å². The van der Waals surface area contributed by atoms with Crippen molar-refractivity contribution in [1.82, 2.24) is 0 Å². The standard InChI is InChI=1S/C12H13NO/c1-14-12-4-2-3-10-6-5-9(8-13)7-11(10)12/h2-7H,8,13H2,1H3. The molecule has 2 aromatic carbocycles. The van der Waals surface area contributed by atoms with E-state index in [9.17, 15) is 0 Å². The van der Waals surface area contributed by atoms with E-state index in [-0.39, 0.29) is 0 Å². The highest BCUT2D eigenvalue weighted by Gasteiger charge is 2.00. The minimum Gasteiger partial charge on any atom is -0.496 e. The largest absolute Gasteiger partial charge is 0.496 e. The van der Waals surface area contributed by atoms with Crippen molar-refractivity contribution in [3.8, 4) is 5.75 Å². The molecule has 0 aromatic heterocycles. The number of nitrogens with two attached hydrogens (primary N) is 1. The SMILES string of the molecule is COc1cccc2ccc(CN)cc12. The van der Waals surface area contributed by atoms with Gasteiger partial charge in [0.05, 0.1) is 7.11 Å².